The molecule has 0 radical (unpaired) electrons. The Morgan fingerprint density at radius 2 is 2.21 bits per heavy atom. The van der Waals surface area contributed by atoms with Crippen molar-refractivity contribution in [2.75, 3.05) is 13.1 Å². The van der Waals surface area contributed by atoms with E-state index >= 15 is 0 Å². The topological polar surface area (TPSA) is 55.1 Å². The van der Waals surface area contributed by atoms with Gasteiger partial charge >= 0.3 is 0 Å². The second-order valence-corrected chi connectivity index (χ2v) is 5.43. The van der Waals surface area contributed by atoms with E-state index in [0.29, 0.717) is 12.5 Å². The molecule has 0 bridgehead atoms. The van der Waals surface area contributed by atoms with Gasteiger partial charge in [0.1, 0.15) is 0 Å². The number of amides is 1. The number of rotatable bonds is 7. The van der Waals surface area contributed by atoms with E-state index in [-0.39, 0.29) is 11.8 Å². The summed E-state index contributed by atoms with van der Waals surface area (Å²) in [6.07, 6.45) is 4.16. The maximum atomic E-state index is 12.2. The summed E-state index contributed by atoms with van der Waals surface area (Å²) in [7, 11) is 0. The molecular formula is C16H24N2O. The standard InChI is InChI=1S/C16H24N2O/c1-2-5-12(8-9-17)11-18-16(19)15-10-13-6-3-4-7-14(13)15/h3-4,6-7,12,15H,2,5,8-11,17H2,1H3,(H,18,19). The molecule has 2 unspecified atom stereocenters. The van der Waals surface area contributed by atoms with Crippen LogP contribution in [0, 0.1) is 5.92 Å². The molecule has 19 heavy (non-hydrogen) atoms. The molecule has 2 atom stereocenters. The van der Waals surface area contributed by atoms with Crippen molar-refractivity contribution in [2.45, 2.75) is 38.5 Å². The quantitative estimate of drug-likeness (QED) is 0.789. The molecule has 0 saturated carbocycles. The molecule has 1 amide bonds. The second-order valence-electron chi connectivity index (χ2n) is 5.43. The average Bonchev–Trinajstić information content (AvgIpc) is 2.38. The SMILES string of the molecule is CCCC(CCN)CNC(=O)C1Cc2ccccc21. The third-order valence-electron chi connectivity index (χ3n) is 4.01. The van der Waals surface area contributed by atoms with Gasteiger partial charge in [0.05, 0.1) is 5.92 Å². The Morgan fingerprint density at radius 1 is 1.42 bits per heavy atom. The number of carbonyl (C=O) groups excluding carboxylic acids is 1. The van der Waals surface area contributed by atoms with Crippen LogP contribution in [0.25, 0.3) is 0 Å². The van der Waals surface area contributed by atoms with Gasteiger partial charge < -0.3 is 11.1 Å². The molecule has 3 heteroatoms. The van der Waals surface area contributed by atoms with Gasteiger partial charge in [-0.15, -0.1) is 0 Å². The zero-order valence-corrected chi connectivity index (χ0v) is 11.7. The van der Waals surface area contributed by atoms with Crippen LogP contribution in [0.3, 0.4) is 0 Å². The van der Waals surface area contributed by atoms with Crippen molar-refractivity contribution in [1.29, 1.82) is 0 Å². The summed E-state index contributed by atoms with van der Waals surface area (Å²) in [6, 6.07) is 8.21. The maximum absolute atomic E-state index is 12.2. The first-order chi connectivity index (χ1) is 9.26. The third-order valence-corrected chi connectivity index (χ3v) is 4.01. The van der Waals surface area contributed by atoms with E-state index in [1.54, 1.807) is 0 Å². The van der Waals surface area contributed by atoms with E-state index in [1.165, 1.54) is 11.1 Å². The Morgan fingerprint density at radius 3 is 2.89 bits per heavy atom. The molecule has 0 heterocycles. The van der Waals surface area contributed by atoms with E-state index in [2.05, 4.69) is 24.4 Å². The van der Waals surface area contributed by atoms with Crippen LogP contribution in [0.15, 0.2) is 24.3 Å². The van der Waals surface area contributed by atoms with Crippen LogP contribution < -0.4 is 11.1 Å². The number of carbonyl (C=O) groups is 1. The molecule has 0 aromatic heterocycles. The van der Waals surface area contributed by atoms with Gasteiger partial charge in [-0.3, -0.25) is 4.79 Å². The smallest absolute Gasteiger partial charge is 0.227 e. The molecule has 0 saturated heterocycles. The van der Waals surface area contributed by atoms with Crippen LogP contribution in [-0.4, -0.2) is 19.0 Å². The van der Waals surface area contributed by atoms with E-state index in [1.807, 2.05) is 12.1 Å². The number of hydrogen-bond donors (Lipinski definition) is 2. The van der Waals surface area contributed by atoms with Gasteiger partial charge in [-0.1, -0.05) is 37.6 Å². The molecule has 2 rings (SSSR count). The Balaban J connectivity index is 1.82. The molecule has 1 aromatic carbocycles. The van der Waals surface area contributed by atoms with Crippen molar-refractivity contribution in [3.8, 4) is 0 Å². The lowest BCUT2D eigenvalue weighted by molar-refractivity contribution is -0.123. The first-order valence-electron chi connectivity index (χ1n) is 7.31. The predicted molar refractivity (Wildman–Crippen MR) is 78.0 cm³/mol. The first-order valence-corrected chi connectivity index (χ1v) is 7.31. The Hall–Kier alpha value is -1.35. The van der Waals surface area contributed by atoms with Crippen LogP contribution in [0.4, 0.5) is 0 Å². The number of nitrogens with one attached hydrogen (secondary N) is 1. The first kappa shape index (κ1) is 14.1. The summed E-state index contributed by atoms with van der Waals surface area (Å²) in [6.45, 7) is 3.64. The molecule has 1 aliphatic carbocycles. The van der Waals surface area contributed by atoms with Crippen LogP contribution in [-0.2, 0) is 11.2 Å². The largest absolute Gasteiger partial charge is 0.355 e. The van der Waals surface area contributed by atoms with Crippen LogP contribution >= 0.6 is 0 Å². The minimum atomic E-state index is 0.0661. The minimum absolute atomic E-state index is 0.0661. The van der Waals surface area contributed by atoms with Crippen molar-refractivity contribution in [2.24, 2.45) is 11.7 Å². The molecule has 1 aliphatic rings. The number of fused-ring (bicyclic) bond motifs is 1. The summed E-state index contributed by atoms with van der Waals surface area (Å²) in [5.41, 5.74) is 8.13. The average molecular weight is 260 g/mol. The van der Waals surface area contributed by atoms with E-state index in [4.69, 9.17) is 5.73 Å². The Bertz CT molecular complexity index is 425. The summed E-state index contributed by atoms with van der Waals surface area (Å²) >= 11 is 0. The van der Waals surface area contributed by atoms with Gasteiger partial charge in [0.2, 0.25) is 5.91 Å². The second kappa shape index (κ2) is 6.71. The highest BCUT2D eigenvalue weighted by atomic mass is 16.1. The highest BCUT2D eigenvalue weighted by molar-refractivity contribution is 5.86. The van der Waals surface area contributed by atoms with Crippen molar-refractivity contribution < 1.29 is 4.79 Å². The number of nitrogens with two attached hydrogens (primary N) is 1. The molecular weight excluding hydrogens is 236 g/mol. The molecule has 3 nitrogen and oxygen atoms in total. The van der Waals surface area contributed by atoms with Gasteiger partial charge in [-0.25, -0.2) is 0 Å². The zero-order valence-electron chi connectivity index (χ0n) is 11.7. The fourth-order valence-corrected chi connectivity index (χ4v) is 2.85. The molecule has 3 N–H and O–H groups in total. The summed E-state index contributed by atoms with van der Waals surface area (Å²) in [5.74, 6) is 0.766. The molecule has 104 valence electrons. The summed E-state index contributed by atoms with van der Waals surface area (Å²) in [5, 5.41) is 3.10. The van der Waals surface area contributed by atoms with Crippen molar-refractivity contribution >= 4 is 5.91 Å². The van der Waals surface area contributed by atoms with Crippen LogP contribution in [0.5, 0.6) is 0 Å². The lowest BCUT2D eigenvalue weighted by Gasteiger charge is -2.29. The van der Waals surface area contributed by atoms with Gasteiger partial charge in [-0.2, -0.15) is 0 Å². The maximum Gasteiger partial charge on any atom is 0.227 e. The molecule has 0 spiro atoms. The Kier molecular flexibility index (Phi) is 4.97. The highest BCUT2D eigenvalue weighted by Gasteiger charge is 2.31. The van der Waals surface area contributed by atoms with E-state index in [0.717, 1.165) is 32.2 Å². The number of hydrogen-bond acceptors (Lipinski definition) is 2. The highest BCUT2D eigenvalue weighted by Crippen LogP contribution is 2.34. The summed E-state index contributed by atoms with van der Waals surface area (Å²) < 4.78 is 0. The predicted octanol–water partition coefficient (Wildman–Crippen LogP) is 2.21. The van der Waals surface area contributed by atoms with Gasteiger partial charge in [0, 0.05) is 6.54 Å². The lowest BCUT2D eigenvalue weighted by Crippen LogP contribution is -2.38. The van der Waals surface area contributed by atoms with E-state index in [9.17, 15) is 4.79 Å². The fraction of sp³-hybridized carbons (Fsp3) is 0.562. The van der Waals surface area contributed by atoms with Crippen LogP contribution in [0.1, 0.15) is 43.2 Å². The van der Waals surface area contributed by atoms with Crippen molar-refractivity contribution in [3.05, 3.63) is 35.4 Å². The fourth-order valence-electron chi connectivity index (χ4n) is 2.85. The zero-order chi connectivity index (χ0) is 13.7. The van der Waals surface area contributed by atoms with Crippen LogP contribution in [0.2, 0.25) is 0 Å². The van der Waals surface area contributed by atoms with Gasteiger partial charge in [0.15, 0.2) is 0 Å². The van der Waals surface area contributed by atoms with Gasteiger partial charge in [0.25, 0.3) is 0 Å². The van der Waals surface area contributed by atoms with E-state index < -0.39 is 0 Å². The molecule has 0 fully saturated rings. The number of benzene rings is 1. The van der Waals surface area contributed by atoms with Crippen molar-refractivity contribution in [1.82, 2.24) is 5.32 Å². The lowest BCUT2D eigenvalue weighted by atomic mass is 9.77. The monoisotopic (exact) mass is 260 g/mol. The molecule has 0 aliphatic heterocycles. The van der Waals surface area contributed by atoms with Gasteiger partial charge in [-0.05, 0) is 42.9 Å². The third kappa shape index (κ3) is 3.35. The molecule has 1 aromatic rings. The summed E-state index contributed by atoms with van der Waals surface area (Å²) in [4.78, 5) is 12.2. The minimum Gasteiger partial charge on any atom is -0.355 e. The Labute approximate surface area is 115 Å². The van der Waals surface area contributed by atoms with Crippen molar-refractivity contribution in [3.63, 3.8) is 0 Å². The normalized spacial score (nSPS) is 18.3.